The lowest BCUT2D eigenvalue weighted by Crippen LogP contribution is -2.46. The molecule has 2 aliphatic rings. The summed E-state index contributed by atoms with van der Waals surface area (Å²) in [6, 6.07) is 0.160. The fourth-order valence-corrected chi connectivity index (χ4v) is 4.84. The predicted molar refractivity (Wildman–Crippen MR) is 88.6 cm³/mol. The van der Waals surface area contributed by atoms with E-state index in [2.05, 4.69) is 19.2 Å². The summed E-state index contributed by atoms with van der Waals surface area (Å²) < 4.78 is 23.1. The average Bonchev–Trinajstić information content (AvgIpc) is 2.98. The molecule has 0 radical (unpaired) electrons. The summed E-state index contributed by atoms with van der Waals surface area (Å²) in [5.41, 5.74) is 0.469. The average molecular weight is 330 g/mol. The lowest BCUT2D eigenvalue weighted by molar-refractivity contribution is 0.144. The van der Waals surface area contributed by atoms with Gasteiger partial charge in [-0.15, -0.1) is 0 Å². The summed E-state index contributed by atoms with van der Waals surface area (Å²) in [6.07, 6.45) is 8.68. The van der Waals surface area contributed by atoms with Gasteiger partial charge in [0, 0.05) is 25.4 Å². The van der Waals surface area contributed by atoms with Gasteiger partial charge in [0.05, 0.1) is 5.25 Å². The number of amides is 2. The standard InChI is InChI=1S/C16H30N2O3S/c1-4-16(5-2)9-6-13(7-10-16)17-15(19)18-11-8-14(12-18)22(3,20)21/h13-14H,4-12H2,1-3H3,(H,17,19). The molecule has 6 heteroatoms. The Morgan fingerprint density at radius 3 is 2.23 bits per heavy atom. The number of carbonyl (C=O) groups excluding carboxylic acids is 1. The van der Waals surface area contributed by atoms with Gasteiger partial charge >= 0.3 is 6.03 Å². The number of nitrogens with one attached hydrogen (secondary N) is 1. The van der Waals surface area contributed by atoms with Crippen molar-refractivity contribution in [3.8, 4) is 0 Å². The monoisotopic (exact) mass is 330 g/mol. The highest BCUT2D eigenvalue weighted by molar-refractivity contribution is 7.91. The van der Waals surface area contributed by atoms with E-state index in [1.807, 2.05) is 0 Å². The second kappa shape index (κ2) is 6.77. The second-order valence-electron chi connectivity index (χ2n) is 7.12. The molecule has 1 heterocycles. The molecule has 0 bridgehead atoms. The van der Waals surface area contributed by atoms with Crippen LogP contribution in [0.1, 0.15) is 58.8 Å². The molecule has 2 fully saturated rings. The maximum Gasteiger partial charge on any atom is 0.317 e. The molecule has 2 amide bonds. The summed E-state index contributed by atoms with van der Waals surface area (Å²) in [7, 11) is -3.05. The molecule has 1 N–H and O–H groups in total. The van der Waals surface area contributed by atoms with Crippen molar-refractivity contribution in [3.05, 3.63) is 0 Å². The molecule has 128 valence electrons. The number of rotatable bonds is 4. The van der Waals surface area contributed by atoms with Crippen molar-refractivity contribution in [3.63, 3.8) is 0 Å². The molecule has 0 aromatic rings. The smallest absolute Gasteiger partial charge is 0.317 e. The van der Waals surface area contributed by atoms with Gasteiger partial charge in [-0.3, -0.25) is 0 Å². The molecule has 1 atom stereocenters. The Morgan fingerprint density at radius 1 is 1.18 bits per heavy atom. The van der Waals surface area contributed by atoms with Gasteiger partial charge in [-0.05, 0) is 37.5 Å². The van der Waals surface area contributed by atoms with Crippen LogP contribution < -0.4 is 5.32 Å². The zero-order chi connectivity index (χ0) is 16.4. The van der Waals surface area contributed by atoms with Crippen molar-refractivity contribution in [2.75, 3.05) is 19.3 Å². The van der Waals surface area contributed by atoms with Gasteiger partial charge in [-0.25, -0.2) is 13.2 Å². The van der Waals surface area contributed by atoms with Gasteiger partial charge in [-0.2, -0.15) is 0 Å². The minimum Gasteiger partial charge on any atom is -0.335 e. The molecule has 1 saturated heterocycles. The van der Waals surface area contributed by atoms with Gasteiger partial charge in [0.25, 0.3) is 0 Å². The molecule has 0 spiro atoms. The van der Waals surface area contributed by atoms with Crippen molar-refractivity contribution >= 4 is 15.9 Å². The first-order valence-corrected chi connectivity index (χ1v) is 10.5. The number of hydrogen-bond donors (Lipinski definition) is 1. The SMILES string of the molecule is CCC1(CC)CCC(NC(=O)N2CCC(S(C)(=O)=O)C2)CC1. The first kappa shape index (κ1) is 17.6. The van der Waals surface area contributed by atoms with Gasteiger partial charge in [0.15, 0.2) is 9.84 Å². The fraction of sp³-hybridized carbons (Fsp3) is 0.938. The van der Waals surface area contributed by atoms with Crippen LogP contribution in [0.2, 0.25) is 0 Å². The third-order valence-electron chi connectivity index (χ3n) is 5.91. The highest BCUT2D eigenvalue weighted by Gasteiger charge is 2.35. The zero-order valence-electron chi connectivity index (χ0n) is 14.1. The number of hydrogen-bond acceptors (Lipinski definition) is 3. The second-order valence-corrected chi connectivity index (χ2v) is 9.44. The number of urea groups is 1. The van der Waals surface area contributed by atoms with E-state index in [-0.39, 0.29) is 12.1 Å². The Labute approximate surface area is 134 Å². The van der Waals surface area contributed by atoms with E-state index in [1.165, 1.54) is 31.9 Å². The molecule has 2 rings (SSSR count). The normalized spacial score (nSPS) is 26.1. The third-order valence-corrected chi connectivity index (χ3v) is 7.51. The van der Waals surface area contributed by atoms with Gasteiger partial charge < -0.3 is 10.2 Å². The third kappa shape index (κ3) is 3.94. The van der Waals surface area contributed by atoms with Crippen LogP contribution >= 0.6 is 0 Å². The minimum absolute atomic E-state index is 0.0864. The van der Waals surface area contributed by atoms with Crippen molar-refractivity contribution in [2.45, 2.75) is 70.1 Å². The van der Waals surface area contributed by atoms with Crippen molar-refractivity contribution in [1.29, 1.82) is 0 Å². The lowest BCUT2D eigenvalue weighted by atomic mass is 9.69. The van der Waals surface area contributed by atoms with E-state index in [4.69, 9.17) is 0 Å². The molecular weight excluding hydrogens is 300 g/mol. The van der Waals surface area contributed by atoms with Crippen LogP contribution in [-0.2, 0) is 9.84 Å². The zero-order valence-corrected chi connectivity index (χ0v) is 14.9. The maximum atomic E-state index is 12.3. The number of sulfone groups is 1. The Kier molecular flexibility index (Phi) is 5.41. The van der Waals surface area contributed by atoms with E-state index in [0.29, 0.717) is 24.9 Å². The highest BCUT2D eigenvalue weighted by atomic mass is 32.2. The van der Waals surface area contributed by atoms with Gasteiger partial charge in [0.1, 0.15) is 0 Å². The molecule has 1 aliphatic carbocycles. The summed E-state index contributed by atoms with van der Waals surface area (Å²) in [5, 5.41) is 2.72. The molecule has 22 heavy (non-hydrogen) atoms. The summed E-state index contributed by atoms with van der Waals surface area (Å²) in [5.74, 6) is 0. The van der Waals surface area contributed by atoms with E-state index >= 15 is 0 Å². The summed E-state index contributed by atoms with van der Waals surface area (Å²) in [4.78, 5) is 14.0. The Morgan fingerprint density at radius 2 is 1.77 bits per heavy atom. The first-order chi connectivity index (χ1) is 10.3. The van der Waals surface area contributed by atoms with Crippen LogP contribution in [0.25, 0.3) is 0 Å². The van der Waals surface area contributed by atoms with Crippen LogP contribution in [0.5, 0.6) is 0 Å². The molecule has 1 aliphatic heterocycles. The van der Waals surface area contributed by atoms with Crippen molar-refractivity contribution in [2.24, 2.45) is 5.41 Å². The van der Waals surface area contributed by atoms with E-state index in [9.17, 15) is 13.2 Å². The molecule has 1 unspecified atom stereocenters. The largest absolute Gasteiger partial charge is 0.335 e. The Bertz CT molecular complexity index is 490. The predicted octanol–water partition coefficient (Wildman–Crippen LogP) is 2.56. The van der Waals surface area contributed by atoms with Crippen LogP contribution in [0, 0.1) is 5.41 Å². The molecular formula is C16H30N2O3S. The number of likely N-dealkylation sites (tertiary alicyclic amines) is 1. The molecule has 5 nitrogen and oxygen atoms in total. The Balaban J connectivity index is 1.82. The highest BCUT2D eigenvalue weighted by Crippen LogP contribution is 2.41. The molecule has 0 aromatic carbocycles. The molecule has 0 aromatic heterocycles. The van der Waals surface area contributed by atoms with Crippen LogP contribution in [-0.4, -0.2) is 50.0 Å². The topological polar surface area (TPSA) is 66.5 Å². The molecule has 1 saturated carbocycles. The van der Waals surface area contributed by atoms with Gasteiger partial charge in [-0.1, -0.05) is 26.7 Å². The maximum absolute atomic E-state index is 12.3. The van der Waals surface area contributed by atoms with Crippen molar-refractivity contribution < 1.29 is 13.2 Å². The van der Waals surface area contributed by atoms with E-state index in [0.717, 1.165) is 12.8 Å². The summed E-state index contributed by atoms with van der Waals surface area (Å²) in [6.45, 7) is 5.41. The lowest BCUT2D eigenvalue weighted by Gasteiger charge is -2.39. The Hall–Kier alpha value is -0.780. The number of nitrogens with zero attached hydrogens (tertiary/aromatic N) is 1. The number of carbonyl (C=O) groups is 1. The van der Waals surface area contributed by atoms with Crippen LogP contribution in [0.3, 0.4) is 0 Å². The van der Waals surface area contributed by atoms with Crippen LogP contribution in [0.15, 0.2) is 0 Å². The fourth-order valence-electron chi connectivity index (χ4n) is 3.86. The van der Waals surface area contributed by atoms with Crippen LogP contribution in [0.4, 0.5) is 4.79 Å². The van der Waals surface area contributed by atoms with E-state index in [1.54, 1.807) is 4.90 Å². The quantitative estimate of drug-likeness (QED) is 0.861. The minimum atomic E-state index is -3.05. The van der Waals surface area contributed by atoms with Gasteiger partial charge in [0.2, 0.25) is 0 Å². The first-order valence-electron chi connectivity index (χ1n) is 8.54. The van der Waals surface area contributed by atoms with Crippen molar-refractivity contribution in [1.82, 2.24) is 10.2 Å². The van der Waals surface area contributed by atoms with E-state index < -0.39 is 15.1 Å². The summed E-state index contributed by atoms with van der Waals surface area (Å²) >= 11 is 0.